The van der Waals surface area contributed by atoms with E-state index in [0.29, 0.717) is 6.04 Å². The van der Waals surface area contributed by atoms with Crippen LogP contribution in [0.1, 0.15) is 54.4 Å². The zero-order valence-electron chi connectivity index (χ0n) is 12.9. The molecule has 0 amide bonds. The summed E-state index contributed by atoms with van der Waals surface area (Å²) in [6.45, 7) is 18.5. The summed E-state index contributed by atoms with van der Waals surface area (Å²) in [7, 11) is 0. The van der Waals surface area contributed by atoms with Crippen LogP contribution in [0, 0.1) is 11.8 Å². The zero-order valence-corrected chi connectivity index (χ0v) is 12.9. The van der Waals surface area contributed by atoms with Crippen LogP contribution in [0.3, 0.4) is 0 Å². The Morgan fingerprint density at radius 1 is 1.06 bits per heavy atom. The minimum absolute atomic E-state index is 0.702. The van der Waals surface area contributed by atoms with Crippen molar-refractivity contribution in [2.45, 2.75) is 60.4 Å². The first-order valence-corrected chi connectivity index (χ1v) is 7.45. The molecule has 0 aromatic carbocycles. The van der Waals surface area contributed by atoms with E-state index in [-0.39, 0.29) is 0 Å². The summed E-state index contributed by atoms with van der Waals surface area (Å²) in [6, 6.07) is 0.702. The van der Waals surface area contributed by atoms with Gasteiger partial charge in [-0.25, -0.2) is 0 Å². The number of hydrogen-bond acceptors (Lipinski definition) is 2. The van der Waals surface area contributed by atoms with Crippen molar-refractivity contribution < 1.29 is 0 Å². The molecule has 0 fully saturated rings. The smallest absolute Gasteiger partial charge is 0.00790 e. The summed E-state index contributed by atoms with van der Waals surface area (Å²) >= 11 is 0. The fourth-order valence-corrected chi connectivity index (χ4v) is 2.03. The topological polar surface area (TPSA) is 15.3 Å². The Labute approximate surface area is 109 Å². The fourth-order valence-electron chi connectivity index (χ4n) is 2.03. The third-order valence-corrected chi connectivity index (χ3v) is 3.56. The molecule has 1 N–H and O–H groups in total. The van der Waals surface area contributed by atoms with Gasteiger partial charge in [0.15, 0.2) is 0 Å². The average Bonchev–Trinajstić information content (AvgIpc) is 2.30. The normalized spacial score (nSPS) is 15.5. The van der Waals surface area contributed by atoms with Gasteiger partial charge in [0, 0.05) is 12.6 Å². The molecule has 2 nitrogen and oxygen atoms in total. The SMILES string of the molecule is CCC(C)CN(CC)C(C)CCNCC(C)C. The lowest BCUT2D eigenvalue weighted by Crippen LogP contribution is -2.38. The van der Waals surface area contributed by atoms with Gasteiger partial charge in [0.1, 0.15) is 0 Å². The molecule has 0 saturated carbocycles. The molecule has 104 valence electrons. The van der Waals surface area contributed by atoms with Crippen LogP contribution in [-0.4, -0.2) is 37.1 Å². The second-order valence-electron chi connectivity index (χ2n) is 5.84. The molecule has 0 aliphatic carbocycles. The minimum Gasteiger partial charge on any atom is -0.316 e. The second-order valence-corrected chi connectivity index (χ2v) is 5.84. The van der Waals surface area contributed by atoms with Crippen molar-refractivity contribution in [2.75, 3.05) is 26.2 Å². The highest BCUT2D eigenvalue weighted by Crippen LogP contribution is 2.09. The highest BCUT2D eigenvalue weighted by atomic mass is 15.1. The lowest BCUT2D eigenvalue weighted by Gasteiger charge is -2.30. The predicted molar refractivity (Wildman–Crippen MR) is 78.5 cm³/mol. The van der Waals surface area contributed by atoms with Crippen LogP contribution in [0.2, 0.25) is 0 Å². The van der Waals surface area contributed by atoms with Crippen LogP contribution in [0.5, 0.6) is 0 Å². The molecule has 2 atom stereocenters. The maximum absolute atomic E-state index is 3.54. The monoisotopic (exact) mass is 242 g/mol. The van der Waals surface area contributed by atoms with Gasteiger partial charge in [0.25, 0.3) is 0 Å². The summed E-state index contributed by atoms with van der Waals surface area (Å²) in [5.41, 5.74) is 0. The van der Waals surface area contributed by atoms with Crippen molar-refractivity contribution in [2.24, 2.45) is 11.8 Å². The van der Waals surface area contributed by atoms with Crippen molar-refractivity contribution in [3.05, 3.63) is 0 Å². The summed E-state index contributed by atoms with van der Waals surface area (Å²) in [6.07, 6.45) is 2.55. The van der Waals surface area contributed by atoms with E-state index in [1.54, 1.807) is 0 Å². The van der Waals surface area contributed by atoms with Crippen molar-refractivity contribution >= 4 is 0 Å². The molecule has 0 radical (unpaired) electrons. The van der Waals surface area contributed by atoms with Crippen LogP contribution < -0.4 is 5.32 Å². The van der Waals surface area contributed by atoms with Gasteiger partial charge in [0.05, 0.1) is 0 Å². The van der Waals surface area contributed by atoms with Crippen molar-refractivity contribution in [3.8, 4) is 0 Å². The summed E-state index contributed by atoms with van der Waals surface area (Å²) in [5, 5.41) is 3.54. The molecule has 0 heterocycles. The zero-order chi connectivity index (χ0) is 13.3. The van der Waals surface area contributed by atoms with Crippen LogP contribution in [0.15, 0.2) is 0 Å². The van der Waals surface area contributed by atoms with Gasteiger partial charge in [-0.05, 0) is 44.8 Å². The van der Waals surface area contributed by atoms with Crippen LogP contribution in [0.4, 0.5) is 0 Å². The van der Waals surface area contributed by atoms with E-state index in [4.69, 9.17) is 0 Å². The van der Waals surface area contributed by atoms with Crippen LogP contribution >= 0.6 is 0 Å². The lowest BCUT2D eigenvalue weighted by molar-refractivity contribution is 0.180. The largest absolute Gasteiger partial charge is 0.316 e. The van der Waals surface area contributed by atoms with Crippen LogP contribution in [0.25, 0.3) is 0 Å². The van der Waals surface area contributed by atoms with E-state index in [0.717, 1.165) is 24.9 Å². The van der Waals surface area contributed by atoms with Crippen LogP contribution in [-0.2, 0) is 0 Å². The van der Waals surface area contributed by atoms with Crippen molar-refractivity contribution in [1.29, 1.82) is 0 Å². The fraction of sp³-hybridized carbons (Fsp3) is 1.00. The molecule has 2 unspecified atom stereocenters. The lowest BCUT2D eigenvalue weighted by atomic mass is 10.1. The van der Waals surface area contributed by atoms with Gasteiger partial charge in [-0.1, -0.05) is 41.0 Å². The summed E-state index contributed by atoms with van der Waals surface area (Å²) in [4.78, 5) is 2.62. The molecular formula is C15H34N2. The number of nitrogens with zero attached hydrogens (tertiary/aromatic N) is 1. The highest BCUT2D eigenvalue weighted by molar-refractivity contribution is 4.69. The number of hydrogen-bond donors (Lipinski definition) is 1. The molecule has 2 heteroatoms. The standard InChI is InChI=1S/C15H34N2/c1-7-14(5)12-17(8-2)15(6)9-10-16-11-13(3)4/h13-16H,7-12H2,1-6H3. The first-order valence-electron chi connectivity index (χ1n) is 7.45. The molecule has 0 saturated heterocycles. The maximum atomic E-state index is 3.54. The molecule has 0 aliphatic heterocycles. The van der Waals surface area contributed by atoms with E-state index in [2.05, 4.69) is 51.8 Å². The van der Waals surface area contributed by atoms with Crippen molar-refractivity contribution in [1.82, 2.24) is 10.2 Å². The van der Waals surface area contributed by atoms with E-state index in [1.807, 2.05) is 0 Å². The summed E-state index contributed by atoms with van der Waals surface area (Å²) in [5.74, 6) is 1.58. The quantitative estimate of drug-likeness (QED) is 0.591. The predicted octanol–water partition coefficient (Wildman–Crippen LogP) is 3.38. The Morgan fingerprint density at radius 2 is 1.71 bits per heavy atom. The van der Waals surface area contributed by atoms with Gasteiger partial charge >= 0.3 is 0 Å². The van der Waals surface area contributed by atoms with Gasteiger partial charge in [-0.2, -0.15) is 0 Å². The first-order chi connectivity index (χ1) is 8.01. The Kier molecular flexibility index (Phi) is 9.85. The Balaban J connectivity index is 3.79. The molecule has 0 aromatic heterocycles. The maximum Gasteiger partial charge on any atom is 0.00790 e. The molecule has 0 spiro atoms. The molecular weight excluding hydrogens is 208 g/mol. The van der Waals surface area contributed by atoms with Gasteiger partial charge in [-0.3, -0.25) is 0 Å². The Hall–Kier alpha value is -0.0800. The number of nitrogens with one attached hydrogen (secondary N) is 1. The molecule has 0 aromatic rings. The molecule has 0 aliphatic rings. The van der Waals surface area contributed by atoms with E-state index in [1.165, 1.54) is 25.9 Å². The second kappa shape index (κ2) is 9.90. The van der Waals surface area contributed by atoms with Gasteiger partial charge in [0.2, 0.25) is 0 Å². The minimum atomic E-state index is 0.702. The molecule has 17 heavy (non-hydrogen) atoms. The molecule has 0 bridgehead atoms. The third-order valence-electron chi connectivity index (χ3n) is 3.56. The third kappa shape index (κ3) is 8.62. The van der Waals surface area contributed by atoms with Crippen molar-refractivity contribution in [3.63, 3.8) is 0 Å². The summed E-state index contributed by atoms with van der Waals surface area (Å²) < 4.78 is 0. The van der Waals surface area contributed by atoms with E-state index >= 15 is 0 Å². The first kappa shape index (κ1) is 16.9. The average molecular weight is 242 g/mol. The highest BCUT2D eigenvalue weighted by Gasteiger charge is 2.13. The van der Waals surface area contributed by atoms with Gasteiger partial charge < -0.3 is 10.2 Å². The van der Waals surface area contributed by atoms with E-state index in [9.17, 15) is 0 Å². The Morgan fingerprint density at radius 3 is 2.18 bits per heavy atom. The molecule has 0 rings (SSSR count). The Bertz CT molecular complexity index is 168. The van der Waals surface area contributed by atoms with E-state index < -0.39 is 0 Å². The number of rotatable bonds is 10. The van der Waals surface area contributed by atoms with Gasteiger partial charge in [-0.15, -0.1) is 0 Å².